The number of nitrogens with two attached hydrogens (primary N) is 1. The van der Waals surface area contributed by atoms with Crippen molar-refractivity contribution in [2.45, 2.75) is 38.5 Å². The number of aromatic amines is 2. The molecule has 3 heterocycles. The van der Waals surface area contributed by atoms with Crippen LogP contribution in [0.4, 0.5) is 5.69 Å². The Kier molecular flexibility index (Phi) is 6.75. The molecule has 236 valence electrons. The maximum Gasteiger partial charge on any atom is 0.351 e. The van der Waals surface area contributed by atoms with Gasteiger partial charge < -0.3 is 20.4 Å². The number of ketones is 1. The number of H-pyrrole nitrogens is 2. The summed E-state index contributed by atoms with van der Waals surface area (Å²) in [5.74, 6) is 5.50. The van der Waals surface area contributed by atoms with Crippen LogP contribution in [0.15, 0.2) is 77.3 Å². The van der Waals surface area contributed by atoms with Gasteiger partial charge in [0.05, 0.1) is 23.8 Å². The zero-order valence-corrected chi connectivity index (χ0v) is 26.6. The third-order valence-electron chi connectivity index (χ3n) is 11.2. The highest BCUT2D eigenvalue weighted by molar-refractivity contribution is 6.04. The molecule has 7 atom stereocenters. The minimum atomic E-state index is 0.159. The number of carbonyl (C=O) groups excluding carboxylic acids is 1. The number of benzene rings is 1. The van der Waals surface area contributed by atoms with E-state index in [1.807, 2.05) is 68.3 Å². The number of ether oxygens (including phenoxy) is 1. The van der Waals surface area contributed by atoms with Crippen LogP contribution in [-0.4, -0.2) is 58.6 Å². The van der Waals surface area contributed by atoms with Crippen molar-refractivity contribution in [3.63, 3.8) is 0 Å². The summed E-state index contributed by atoms with van der Waals surface area (Å²) >= 11 is 0. The molecule has 0 amide bonds. The molecule has 5 aliphatic rings. The lowest BCUT2D eigenvalue weighted by Gasteiger charge is -2.41. The second-order valence-corrected chi connectivity index (χ2v) is 14.1. The fraction of sp³-hybridized carbons (Fsp3) is 0.417. The molecular weight excluding hydrogens is 576 g/mol. The molecule has 10 heteroatoms. The number of aliphatic imine (C=N–C) groups is 2. The van der Waals surface area contributed by atoms with Crippen molar-refractivity contribution >= 4 is 29.3 Å². The molecule has 1 aromatic carbocycles. The van der Waals surface area contributed by atoms with E-state index in [-0.39, 0.29) is 11.3 Å². The van der Waals surface area contributed by atoms with Crippen molar-refractivity contribution in [1.82, 2.24) is 20.0 Å². The van der Waals surface area contributed by atoms with Gasteiger partial charge in [0.1, 0.15) is 17.7 Å². The third kappa shape index (κ3) is 4.61. The molecule has 4 bridgehead atoms. The molecule has 46 heavy (non-hydrogen) atoms. The van der Waals surface area contributed by atoms with Gasteiger partial charge in [-0.2, -0.15) is 5.10 Å². The van der Waals surface area contributed by atoms with Gasteiger partial charge in [-0.1, -0.05) is 6.58 Å². The number of amidine groups is 1. The van der Waals surface area contributed by atoms with Crippen molar-refractivity contribution in [2.24, 2.45) is 50.7 Å². The minimum absolute atomic E-state index is 0.159. The van der Waals surface area contributed by atoms with Crippen molar-refractivity contribution in [3.8, 4) is 11.5 Å². The fourth-order valence-electron chi connectivity index (χ4n) is 9.34. The molecule has 5 fully saturated rings. The maximum atomic E-state index is 13.6. The average Bonchev–Trinajstić information content (AvgIpc) is 3.59. The second kappa shape index (κ2) is 10.8. The zero-order valence-electron chi connectivity index (χ0n) is 26.6. The first kappa shape index (κ1) is 28.9. The molecule has 0 aliphatic heterocycles. The SMILES string of the molecule is C=C(CN(C)C)C(=O)C1CC2C[C@H](c3cc[nH]c3C(N=CN)=Nc3ccc(Oc4cc[n+]5[nH]cnc5c4)c(C)c3)CC3[C@H]4[C@@H](C2)C134. The van der Waals surface area contributed by atoms with Gasteiger partial charge in [0.2, 0.25) is 6.33 Å². The van der Waals surface area contributed by atoms with Crippen molar-refractivity contribution in [3.05, 3.63) is 84.1 Å². The van der Waals surface area contributed by atoms with Gasteiger partial charge in [-0.3, -0.25) is 4.79 Å². The van der Waals surface area contributed by atoms with E-state index in [0.29, 0.717) is 47.6 Å². The van der Waals surface area contributed by atoms with Crippen LogP contribution >= 0.6 is 0 Å². The van der Waals surface area contributed by atoms with Gasteiger partial charge in [0.15, 0.2) is 11.6 Å². The largest absolute Gasteiger partial charge is 0.457 e. The first-order chi connectivity index (χ1) is 22.3. The highest BCUT2D eigenvalue weighted by Crippen LogP contribution is 2.92. The number of aromatic nitrogens is 4. The van der Waals surface area contributed by atoms with Crippen LogP contribution in [0.25, 0.3) is 5.65 Å². The number of hydrogen-bond donors (Lipinski definition) is 3. The summed E-state index contributed by atoms with van der Waals surface area (Å²) in [5.41, 5.74) is 11.5. The van der Waals surface area contributed by atoms with E-state index in [1.54, 1.807) is 6.33 Å². The van der Waals surface area contributed by atoms with E-state index in [4.69, 9.17) is 15.5 Å². The van der Waals surface area contributed by atoms with E-state index >= 15 is 0 Å². The molecule has 5 saturated carbocycles. The molecule has 0 saturated heterocycles. The summed E-state index contributed by atoms with van der Waals surface area (Å²) in [7, 11) is 4.01. The van der Waals surface area contributed by atoms with Crippen LogP contribution in [0.2, 0.25) is 0 Å². The van der Waals surface area contributed by atoms with Crippen molar-refractivity contribution in [1.29, 1.82) is 0 Å². The third-order valence-corrected chi connectivity index (χ3v) is 11.2. The van der Waals surface area contributed by atoms with Crippen LogP contribution < -0.4 is 15.0 Å². The Morgan fingerprint density at radius 2 is 2.04 bits per heavy atom. The molecule has 4 aromatic rings. The number of fused-ring (bicyclic) bond motifs is 4. The molecule has 3 aromatic heterocycles. The molecule has 4 unspecified atom stereocenters. The molecule has 9 rings (SSSR count). The quantitative estimate of drug-likeness (QED) is 0.104. The van der Waals surface area contributed by atoms with Crippen LogP contribution in [0.5, 0.6) is 11.5 Å². The number of rotatable bonds is 9. The van der Waals surface area contributed by atoms with E-state index in [9.17, 15) is 4.79 Å². The maximum absolute atomic E-state index is 13.6. The Labute approximate surface area is 268 Å². The Balaban J connectivity index is 1.02. The van der Waals surface area contributed by atoms with E-state index in [0.717, 1.165) is 59.1 Å². The van der Waals surface area contributed by atoms with Crippen LogP contribution in [-0.2, 0) is 4.79 Å². The van der Waals surface area contributed by atoms with Crippen LogP contribution in [0.1, 0.15) is 48.4 Å². The Morgan fingerprint density at radius 1 is 1.20 bits per heavy atom. The highest BCUT2D eigenvalue weighted by Gasteiger charge is 2.89. The molecule has 0 radical (unpaired) electrons. The van der Waals surface area contributed by atoms with Gasteiger partial charge in [-0.25, -0.2) is 9.98 Å². The van der Waals surface area contributed by atoms with E-state index < -0.39 is 0 Å². The van der Waals surface area contributed by atoms with E-state index in [2.05, 4.69) is 37.6 Å². The van der Waals surface area contributed by atoms with Gasteiger partial charge in [0, 0.05) is 30.3 Å². The highest BCUT2D eigenvalue weighted by atomic mass is 16.5. The minimum Gasteiger partial charge on any atom is -0.457 e. The summed E-state index contributed by atoms with van der Waals surface area (Å²) in [4.78, 5) is 32.9. The lowest BCUT2D eigenvalue weighted by Crippen LogP contribution is -2.38. The van der Waals surface area contributed by atoms with Gasteiger partial charge in [0.25, 0.3) is 0 Å². The van der Waals surface area contributed by atoms with Crippen LogP contribution in [0, 0.1) is 41.9 Å². The zero-order chi connectivity index (χ0) is 31.7. The lowest BCUT2D eigenvalue weighted by molar-refractivity contribution is -0.577. The summed E-state index contributed by atoms with van der Waals surface area (Å²) in [6, 6.07) is 11.8. The molecular formula is C36H41N8O2+. The predicted octanol–water partition coefficient (Wildman–Crippen LogP) is 5.10. The Hall–Kier alpha value is -4.57. The summed E-state index contributed by atoms with van der Waals surface area (Å²) in [6.45, 7) is 6.85. The number of aryl methyl sites for hydroxylation is 1. The second-order valence-electron chi connectivity index (χ2n) is 14.1. The number of carbonyl (C=O) groups is 1. The molecule has 1 spiro atoms. The fourth-order valence-corrected chi connectivity index (χ4v) is 9.34. The summed E-state index contributed by atoms with van der Waals surface area (Å²) in [5, 5.41) is 3.02. The average molecular weight is 618 g/mol. The van der Waals surface area contributed by atoms with E-state index in [1.165, 1.54) is 18.3 Å². The van der Waals surface area contributed by atoms with Gasteiger partial charge in [-0.05, 0) is 122 Å². The molecule has 4 N–H and O–H groups in total. The number of hydrogen-bond acceptors (Lipinski definition) is 5. The first-order valence-corrected chi connectivity index (χ1v) is 16.3. The smallest absolute Gasteiger partial charge is 0.351 e. The van der Waals surface area contributed by atoms with Gasteiger partial charge in [-0.15, -0.1) is 4.52 Å². The number of pyridine rings is 1. The lowest BCUT2D eigenvalue weighted by atomic mass is 9.62. The Bertz CT molecular complexity index is 1920. The monoisotopic (exact) mass is 617 g/mol. The Morgan fingerprint density at radius 3 is 2.85 bits per heavy atom. The molecule has 10 nitrogen and oxygen atoms in total. The number of Topliss-reactive ketones (excluding diaryl/α,β-unsaturated/α-hetero) is 1. The van der Waals surface area contributed by atoms with Crippen molar-refractivity contribution < 1.29 is 14.0 Å². The summed E-state index contributed by atoms with van der Waals surface area (Å²) in [6.07, 6.45) is 11.3. The van der Waals surface area contributed by atoms with Gasteiger partial charge >= 0.3 is 5.65 Å². The normalized spacial score (nSPS) is 29.5. The number of likely N-dealkylation sites (N-methyl/N-ethyl adjacent to an activating group) is 1. The topological polar surface area (TPSA) is 129 Å². The number of nitrogens with one attached hydrogen (secondary N) is 2. The predicted molar refractivity (Wildman–Crippen MR) is 176 cm³/mol. The standard InChI is InChI=1S/C36H40N8O2/c1-20-11-24(5-6-30(20)46-25-8-10-44-31(16-25)40-19-41-44)42-35(39-18-37)33-26(7-9-38-33)23-12-22-13-27-32-28(15-23)36(27,32)29(14-22)34(45)21(2)17-43(3)4/h5-11,16,18-19,22-23,27-29,32H,2,12-15,17H2,1,3-4H3,(H3,37,38,39,42)/p+1/t22?,23-,27+,28?,29?,32+,36?/m0/s1. The van der Waals surface area contributed by atoms with Crippen LogP contribution in [0.3, 0.4) is 0 Å². The number of nitrogens with zero attached hydrogens (tertiary/aromatic N) is 5. The summed E-state index contributed by atoms with van der Waals surface area (Å²) < 4.78 is 8.00. The molecule has 5 aliphatic carbocycles. The first-order valence-electron chi connectivity index (χ1n) is 16.3. The van der Waals surface area contributed by atoms with Crippen molar-refractivity contribution in [2.75, 3.05) is 20.6 Å².